The number of carbonyl (C=O) groups is 6. The van der Waals surface area contributed by atoms with Gasteiger partial charge in [0, 0.05) is 6.08 Å². The Morgan fingerprint density at radius 1 is 0.714 bits per heavy atom. The molecule has 224 valence electrons. The van der Waals surface area contributed by atoms with Crippen LogP contribution in [-0.2, 0) is 33.5 Å². The highest BCUT2D eigenvalue weighted by Crippen LogP contribution is 2.26. The van der Waals surface area contributed by atoms with Gasteiger partial charge in [-0.15, -0.1) is 0 Å². The molecule has 0 amide bonds. The molecule has 2 atom stereocenters. The molecule has 0 saturated carbocycles. The molecule has 9 N–H and O–H groups in total. The van der Waals surface area contributed by atoms with E-state index in [0.29, 0.717) is 11.6 Å². The highest BCUT2D eigenvalue weighted by atomic mass is 16.6. The number of aromatic hydroxyl groups is 4. The van der Waals surface area contributed by atoms with Crippen molar-refractivity contribution in [3.05, 3.63) is 59.7 Å². The van der Waals surface area contributed by atoms with Gasteiger partial charge >= 0.3 is 29.8 Å². The number of ketones is 1. The summed E-state index contributed by atoms with van der Waals surface area (Å²) in [6.07, 6.45) is -0.0838. The van der Waals surface area contributed by atoms with E-state index in [2.05, 4.69) is 4.74 Å². The van der Waals surface area contributed by atoms with Crippen LogP contribution in [-0.4, -0.2) is 93.3 Å². The summed E-state index contributed by atoms with van der Waals surface area (Å²) < 4.78 is 4.48. The van der Waals surface area contributed by atoms with Crippen LogP contribution in [0.15, 0.2) is 48.6 Å². The Morgan fingerprint density at radius 3 is 1.57 bits per heavy atom. The second kappa shape index (κ2) is 15.0. The lowest BCUT2D eigenvalue weighted by molar-refractivity contribution is -0.169. The lowest BCUT2D eigenvalue weighted by Crippen LogP contribution is -2.47. The van der Waals surface area contributed by atoms with Gasteiger partial charge in [0.1, 0.15) is 0 Å². The highest BCUT2D eigenvalue weighted by Gasteiger charge is 2.44. The van der Waals surface area contributed by atoms with E-state index in [4.69, 9.17) is 30.6 Å². The molecular weight excluding hydrogens is 568 g/mol. The van der Waals surface area contributed by atoms with E-state index < -0.39 is 65.9 Å². The van der Waals surface area contributed by atoms with Crippen molar-refractivity contribution in [2.45, 2.75) is 24.5 Å². The number of carboxylic acid groups (broad SMARTS) is 4. The Balaban J connectivity index is 0.000000420. The van der Waals surface area contributed by atoms with Gasteiger partial charge in [0.15, 0.2) is 28.8 Å². The van der Waals surface area contributed by atoms with Crippen LogP contribution in [0.5, 0.6) is 23.0 Å². The maximum atomic E-state index is 11.7. The van der Waals surface area contributed by atoms with E-state index >= 15 is 0 Å². The van der Waals surface area contributed by atoms with Crippen molar-refractivity contribution < 1.29 is 79.5 Å². The lowest BCUT2D eigenvalue weighted by Gasteiger charge is -2.17. The SMILES string of the molecule is O=C(O)CC(O)(C(=O)O)C(=O)C=Cc1ccc(O)c(O)c1.O=C(O)CC(OC(=O)C=Cc1ccc(O)c(O)c1)C(=O)O. The monoisotopic (exact) mass is 592 g/mol. The van der Waals surface area contributed by atoms with Crippen molar-refractivity contribution >= 4 is 47.8 Å². The van der Waals surface area contributed by atoms with Crippen LogP contribution in [0.2, 0.25) is 0 Å². The molecule has 0 bridgehead atoms. The molecule has 2 aromatic rings. The Labute approximate surface area is 234 Å². The Bertz CT molecular complexity index is 1420. The van der Waals surface area contributed by atoms with Gasteiger partial charge in [0.2, 0.25) is 11.7 Å². The first kappa shape index (κ1) is 34.1. The first-order valence-corrected chi connectivity index (χ1v) is 11.2. The third kappa shape index (κ3) is 10.7. The summed E-state index contributed by atoms with van der Waals surface area (Å²) in [7, 11) is 0. The second-order valence-corrected chi connectivity index (χ2v) is 8.12. The third-order valence-corrected chi connectivity index (χ3v) is 4.90. The number of hydrogen-bond acceptors (Lipinski definition) is 12. The van der Waals surface area contributed by atoms with Gasteiger partial charge in [0.25, 0.3) is 0 Å². The van der Waals surface area contributed by atoms with Crippen LogP contribution >= 0.6 is 0 Å². The number of aliphatic carboxylic acids is 4. The topological polar surface area (TPSA) is 294 Å². The van der Waals surface area contributed by atoms with Crippen molar-refractivity contribution in [1.29, 1.82) is 0 Å². The number of ether oxygens (including phenoxy) is 1. The van der Waals surface area contributed by atoms with Crippen LogP contribution < -0.4 is 0 Å². The van der Waals surface area contributed by atoms with E-state index in [0.717, 1.165) is 24.3 Å². The molecule has 16 heteroatoms. The molecule has 0 aliphatic rings. The molecule has 0 aromatic heterocycles. The van der Waals surface area contributed by atoms with Crippen LogP contribution in [0.4, 0.5) is 0 Å². The average Bonchev–Trinajstić information content (AvgIpc) is 2.89. The zero-order valence-corrected chi connectivity index (χ0v) is 21.1. The van der Waals surface area contributed by atoms with Gasteiger partial charge in [-0.05, 0) is 47.5 Å². The molecule has 2 unspecified atom stereocenters. The quantitative estimate of drug-likeness (QED) is 0.0703. The molecule has 16 nitrogen and oxygen atoms in total. The molecule has 0 fully saturated rings. The Kier molecular flexibility index (Phi) is 12.2. The number of hydrogen-bond donors (Lipinski definition) is 9. The molecule has 2 rings (SSSR count). The predicted molar refractivity (Wildman–Crippen MR) is 137 cm³/mol. The molecule has 2 aromatic carbocycles. The van der Waals surface area contributed by atoms with Gasteiger partial charge < -0.3 is 50.7 Å². The van der Waals surface area contributed by atoms with Gasteiger partial charge in [0.05, 0.1) is 12.8 Å². The van der Waals surface area contributed by atoms with E-state index in [1.54, 1.807) is 0 Å². The van der Waals surface area contributed by atoms with Gasteiger partial charge in [-0.2, -0.15) is 0 Å². The highest BCUT2D eigenvalue weighted by molar-refractivity contribution is 6.14. The zero-order chi connectivity index (χ0) is 32.2. The minimum Gasteiger partial charge on any atom is -0.504 e. The zero-order valence-electron chi connectivity index (χ0n) is 21.1. The molecule has 0 saturated heterocycles. The molecule has 0 aliphatic carbocycles. The fraction of sp³-hybridized carbons (Fsp3) is 0.154. The number of carboxylic acids is 4. The predicted octanol–water partition coefficient (Wildman–Crippen LogP) is 0.553. The third-order valence-electron chi connectivity index (χ3n) is 4.90. The summed E-state index contributed by atoms with van der Waals surface area (Å²) in [6, 6.07) is 7.31. The van der Waals surface area contributed by atoms with E-state index in [-0.39, 0.29) is 22.8 Å². The summed E-state index contributed by atoms with van der Waals surface area (Å²) >= 11 is 0. The van der Waals surface area contributed by atoms with Crippen LogP contribution in [0.25, 0.3) is 12.2 Å². The number of esters is 1. The molecular formula is C26H24O16. The summed E-state index contributed by atoms with van der Waals surface area (Å²) in [5.41, 5.74) is -2.48. The summed E-state index contributed by atoms with van der Waals surface area (Å²) in [4.78, 5) is 65.6. The van der Waals surface area contributed by atoms with Crippen molar-refractivity contribution in [3.63, 3.8) is 0 Å². The van der Waals surface area contributed by atoms with Crippen molar-refractivity contribution in [3.8, 4) is 23.0 Å². The van der Waals surface area contributed by atoms with Crippen molar-refractivity contribution in [1.82, 2.24) is 0 Å². The first-order valence-electron chi connectivity index (χ1n) is 11.2. The summed E-state index contributed by atoms with van der Waals surface area (Å²) in [6.45, 7) is 0. The minimum atomic E-state index is -3.07. The summed E-state index contributed by atoms with van der Waals surface area (Å²) in [5, 5.41) is 80.8. The number of benzene rings is 2. The molecule has 0 aliphatic heterocycles. The van der Waals surface area contributed by atoms with Gasteiger partial charge in [-0.1, -0.05) is 18.2 Å². The fourth-order valence-corrected chi connectivity index (χ4v) is 2.77. The number of aliphatic hydroxyl groups is 1. The Hall–Kier alpha value is -5.90. The summed E-state index contributed by atoms with van der Waals surface area (Å²) in [5.74, 6) is -10.5. The fourth-order valence-electron chi connectivity index (χ4n) is 2.77. The van der Waals surface area contributed by atoms with Crippen molar-refractivity contribution in [2.24, 2.45) is 0 Å². The Morgan fingerprint density at radius 2 is 1.19 bits per heavy atom. The maximum Gasteiger partial charge on any atom is 0.345 e. The molecule has 0 spiro atoms. The molecule has 0 radical (unpaired) electrons. The van der Waals surface area contributed by atoms with Crippen LogP contribution in [0, 0.1) is 0 Å². The van der Waals surface area contributed by atoms with Crippen LogP contribution in [0.3, 0.4) is 0 Å². The normalized spacial score (nSPS) is 12.9. The van der Waals surface area contributed by atoms with E-state index in [9.17, 15) is 44.1 Å². The molecule has 42 heavy (non-hydrogen) atoms. The lowest BCUT2D eigenvalue weighted by atomic mass is 9.93. The second-order valence-electron chi connectivity index (χ2n) is 8.12. The first-order chi connectivity index (χ1) is 19.5. The number of rotatable bonds is 12. The number of carbonyl (C=O) groups excluding carboxylic acids is 2. The van der Waals surface area contributed by atoms with E-state index in [1.807, 2.05) is 0 Å². The largest absolute Gasteiger partial charge is 0.504 e. The smallest absolute Gasteiger partial charge is 0.345 e. The number of phenols is 4. The minimum absolute atomic E-state index is 0.238. The van der Waals surface area contributed by atoms with Crippen molar-refractivity contribution in [2.75, 3.05) is 0 Å². The number of phenolic OH excluding ortho intramolecular Hbond substituents is 4. The standard InChI is InChI=1S/2C13H12O8/c14-8-3-1-7(5-9(8)15)2-4-12(18)21-10(13(19)20)6-11(16)17;14-8-3-1-7(5-9(8)15)2-4-10(16)13(21,12(19)20)6-11(17)18/h1-5,10,14-15H,6H2,(H,16,17)(H,19,20);1-5,14-15,21H,6H2,(H,17,18)(H,19,20). The maximum absolute atomic E-state index is 11.7. The van der Waals surface area contributed by atoms with E-state index in [1.165, 1.54) is 30.3 Å². The van der Waals surface area contributed by atoms with Gasteiger partial charge in [-0.3, -0.25) is 14.4 Å². The van der Waals surface area contributed by atoms with Gasteiger partial charge in [-0.25, -0.2) is 14.4 Å². The molecule has 0 heterocycles. The average molecular weight is 592 g/mol. The van der Waals surface area contributed by atoms with Crippen LogP contribution in [0.1, 0.15) is 24.0 Å².